The lowest BCUT2D eigenvalue weighted by molar-refractivity contribution is 0.156. The van der Waals surface area contributed by atoms with Gasteiger partial charge in [0.25, 0.3) is 0 Å². The third-order valence-corrected chi connectivity index (χ3v) is 4.01. The summed E-state index contributed by atoms with van der Waals surface area (Å²) in [6, 6.07) is 4.04. The summed E-state index contributed by atoms with van der Waals surface area (Å²) < 4.78 is 28.2. The number of nitrogens with one attached hydrogen (secondary N) is 1. The SMILES string of the molecule is CCCCC[C@H](c1c(F)cccc1F)N1CCNCC1. The van der Waals surface area contributed by atoms with E-state index in [1.165, 1.54) is 18.2 Å². The van der Waals surface area contributed by atoms with E-state index in [0.717, 1.165) is 51.9 Å². The van der Waals surface area contributed by atoms with E-state index >= 15 is 0 Å². The summed E-state index contributed by atoms with van der Waals surface area (Å²) in [5, 5.41) is 3.29. The molecule has 0 saturated carbocycles. The van der Waals surface area contributed by atoms with E-state index in [9.17, 15) is 8.78 Å². The Morgan fingerprint density at radius 3 is 2.40 bits per heavy atom. The van der Waals surface area contributed by atoms with Crippen LogP contribution in [0.1, 0.15) is 44.2 Å². The van der Waals surface area contributed by atoms with Crippen LogP contribution >= 0.6 is 0 Å². The maximum atomic E-state index is 14.1. The number of nitrogens with zero attached hydrogens (tertiary/aromatic N) is 1. The number of unbranched alkanes of at least 4 members (excludes halogenated alkanes) is 2. The first-order valence-corrected chi connectivity index (χ1v) is 7.62. The van der Waals surface area contributed by atoms with Crippen LogP contribution in [0.15, 0.2) is 18.2 Å². The van der Waals surface area contributed by atoms with Crippen molar-refractivity contribution in [3.05, 3.63) is 35.4 Å². The highest BCUT2D eigenvalue weighted by Gasteiger charge is 2.26. The average molecular weight is 282 g/mol. The largest absolute Gasteiger partial charge is 0.314 e. The summed E-state index contributed by atoms with van der Waals surface area (Å²) in [6.45, 7) is 5.62. The second kappa shape index (κ2) is 7.70. The molecule has 1 aromatic rings. The molecule has 2 nitrogen and oxygen atoms in total. The number of piperazine rings is 1. The Balaban J connectivity index is 2.20. The predicted octanol–water partition coefficient (Wildman–Crippen LogP) is 3.49. The highest BCUT2D eigenvalue weighted by Crippen LogP contribution is 2.30. The average Bonchev–Trinajstić information content (AvgIpc) is 2.46. The lowest BCUT2D eigenvalue weighted by Crippen LogP contribution is -2.45. The molecule has 1 aromatic carbocycles. The minimum Gasteiger partial charge on any atom is -0.314 e. The van der Waals surface area contributed by atoms with Gasteiger partial charge in [-0.15, -0.1) is 0 Å². The third-order valence-electron chi connectivity index (χ3n) is 4.01. The molecule has 1 saturated heterocycles. The minimum atomic E-state index is -0.412. The van der Waals surface area contributed by atoms with Crippen molar-refractivity contribution < 1.29 is 8.78 Å². The molecule has 0 bridgehead atoms. The molecule has 1 atom stereocenters. The van der Waals surface area contributed by atoms with Crippen molar-refractivity contribution in [1.82, 2.24) is 10.2 Å². The Bertz CT molecular complexity index is 397. The monoisotopic (exact) mass is 282 g/mol. The van der Waals surface area contributed by atoms with E-state index in [0.29, 0.717) is 0 Å². The smallest absolute Gasteiger partial charge is 0.130 e. The highest BCUT2D eigenvalue weighted by atomic mass is 19.1. The molecule has 0 aliphatic carbocycles. The first kappa shape index (κ1) is 15.4. The second-order valence-corrected chi connectivity index (χ2v) is 5.43. The van der Waals surface area contributed by atoms with E-state index in [2.05, 4.69) is 17.1 Å². The molecule has 0 radical (unpaired) electrons. The van der Waals surface area contributed by atoms with E-state index in [-0.39, 0.29) is 11.6 Å². The Morgan fingerprint density at radius 1 is 1.15 bits per heavy atom. The normalized spacial score (nSPS) is 18.1. The molecule has 1 aliphatic rings. The fourth-order valence-electron chi connectivity index (χ4n) is 2.92. The molecular formula is C16H24F2N2. The Morgan fingerprint density at radius 2 is 1.80 bits per heavy atom. The lowest BCUT2D eigenvalue weighted by atomic mass is 9.97. The molecule has 1 heterocycles. The van der Waals surface area contributed by atoms with Gasteiger partial charge < -0.3 is 5.32 Å². The Hall–Kier alpha value is -1.00. The van der Waals surface area contributed by atoms with Crippen LogP contribution < -0.4 is 5.32 Å². The van der Waals surface area contributed by atoms with E-state index in [4.69, 9.17) is 0 Å². The van der Waals surface area contributed by atoms with Gasteiger partial charge in [0, 0.05) is 37.8 Å². The van der Waals surface area contributed by atoms with Crippen LogP contribution in [0.2, 0.25) is 0 Å². The van der Waals surface area contributed by atoms with Gasteiger partial charge in [-0.2, -0.15) is 0 Å². The Labute approximate surface area is 120 Å². The summed E-state index contributed by atoms with van der Waals surface area (Å²) in [5.41, 5.74) is 0.255. The van der Waals surface area contributed by atoms with Gasteiger partial charge in [0.05, 0.1) is 0 Å². The first-order chi connectivity index (χ1) is 9.74. The second-order valence-electron chi connectivity index (χ2n) is 5.43. The van der Waals surface area contributed by atoms with Crippen molar-refractivity contribution in [3.63, 3.8) is 0 Å². The number of rotatable bonds is 6. The number of benzene rings is 1. The minimum absolute atomic E-state index is 0.134. The van der Waals surface area contributed by atoms with Crippen LogP contribution in [-0.2, 0) is 0 Å². The summed E-state index contributed by atoms with van der Waals surface area (Å²) in [7, 11) is 0. The van der Waals surface area contributed by atoms with Gasteiger partial charge >= 0.3 is 0 Å². The van der Waals surface area contributed by atoms with Crippen LogP contribution in [0.4, 0.5) is 8.78 Å². The number of hydrogen-bond acceptors (Lipinski definition) is 2. The quantitative estimate of drug-likeness (QED) is 0.803. The summed E-state index contributed by atoms with van der Waals surface area (Å²) >= 11 is 0. The molecule has 112 valence electrons. The number of halogens is 2. The van der Waals surface area contributed by atoms with Crippen LogP contribution in [0.3, 0.4) is 0 Å². The molecule has 0 unspecified atom stereocenters. The molecule has 20 heavy (non-hydrogen) atoms. The van der Waals surface area contributed by atoms with Gasteiger partial charge in [-0.05, 0) is 18.6 Å². The molecule has 1 aliphatic heterocycles. The summed E-state index contributed by atoms with van der Waals surface area (Å²) in [6.07, 6.45) is 4.07. The zero-order chi connectivity index (χ0) is 14.4. The van der Waals surface area contributed by atoms with Crippen molar-refractivity contribution in [2.24, 2.45) is 0 Å². The van der Waals surface area contributed by atoms with E-state index in [1.54, 1.807) is 0 Å². The van der Waals surface area contributed by atoms with Crippen LogP contribution in [0, 0.1) is 11.6 Å². The highest BCUT2D eigenvalue weighted by molar-refractivity contribution is 5.23. The van der Waals surface area contributed by atoms with Gasteiger partial charge in [0.2, 0.25) is 0 Å². The van der Waals surface area contributed by atoms with Crippen LogP contribution in [-0.4, -0.2) is 31.1 Å². The van der Waals surface area contributed by atoms with Crippen molar-refractivity contribution in [1.29, 1.82) is 0 Å². The molecule has 1 N–H and O–H groups in total. The van der Waals surface area contributed by atoms with Gasteiger partial charge in [0.1, 0.15) is 11.6 Å². The topological polar surface area (TPSA) is 15.3 Å². The fourth-order valence-corrected chi connectivity index (χ4v) is 2.92. The van der Waals surface area contributed by atoms with Gasteiger partial charge in [-0.1, -0.05) is 32.3 Å². The van der Waals surface area contributed by atoms with Crippen molar-refractivity contribution in [3.8, 4) is 0 Å². The van der Waals surface area contributed by atoms with Gasteiger partial charge in [0.15, 0.2) is 0 Å². The maximum Gasteiger partial charge on any atom is 0.130 e. The van der Waals surface area contributed by atoms with E-state index < -0.39 is 11.6 Å². The zero-order valence-electron chi connectivity index (χ0n) is 12.2. The molecule has 4 heteroatoms. The first-order valence-electron chi connectivity index (χ1n) is 7.62. The summed E-state index contributed by atoms with van der Waals surface area (Å²) in [5.74, 6) is -0.824. The summed E-state index contributed by atoms with van der Waals surface area (Å²) in [4.78, 5) is 2.22. The molecule has 1 fully saturated rings. The molecule has 2 rings (SSSR count). The molecule has 0 amide bonds. The third kappa shape index (κ3) is 3.76. The van der Waals surface area contributed by atoms with Crippen molar-refractivity contribution >= 4 is 0 Å². The number of hydrogen-bond donors (Lipinski definition) is 1. The van der Waals surface area contributed by atoms with Crippen molar-refractivity contribution in [2.75, 3.05) is 26.2 Å². The zero-order valence-corrected chi connectivity index (χ0v) is 12.2. The van der Waals surface area contributed by atoms with Crippen molar-refractivity contribution in [2.45, 2.75) is 38.6 Å². The molecular weight excluding hydrogens is 258 g/mol. The standard InChI is InChI=1S/C16H24F2N2/c1-2-3-4-8-15(20-11-9-19-10-12-20)16-13(17)6-5-7-14(16)18/h5-7,15,19H,2-4,8-12H2,1H3/t15-/m1/s1. The van der Waals surface area contributed by atoms with Gasteiger partial charge in [-0.25, -0.2) is 8.78 Å². The van der Waals surface area contributed by atoms with Gasteiger partial charge in [-0.3, -0.25) is 4.90 Å². The van der Waals surface area contributed by atoms with Crippen LogP contribution in [0.5, 0.6) is 0 Å². The lowest BCUT2D eigenvalue weighted by Gasteiger charge is -2.35. The maximum absolute atomic E-state index is 14.1. The van der Waals surface area contributed by atoms with E-state index in [1.807, 2.05) is 0 Å². The fraction of sp³-hybridized carbons (Fsp3) is 0.625. The predicted molar refractivity (Wildman–Crippen MR) is 77.7 cm³/mol. The molecule has 0 aromatic heterocycles. The molecule has 0 spiro atoms. The Kier molecular flexibility index (Phi) is 5.92. The van der Waals surface area contributed by atoms with Crippen LogP contribution in [0.25, 0.3) is 0 Å².